The number of benzene rings is 2. The lowest BCUT2D eigenvalue weighted by Crippen LogP contribution is -2.33. The molecule has 1 saturated heterocycles. The molecule has 1 fully saturated rings. The number of para-hydroxylation sites is 3. The Bertz CT molecular complexity index is 894. The molecule has 0 aliphatic carbocycles. The van der Waals surface area contributed by atoms with Crippen LogP contribution in [0.4, 0.5) is 11.4 Å². The molecule has 0 bridgehead atoms. The highest BCUT2D eigenvalue weighted by Crippen LogP contribution is 2.38. The molecule has 140 valence electrons. The average Bonchev–Trinajstić information content (AvgIpc) is 2.91. The quantitative estimate of drug-likeness (QED) is 0.767. The zero-order valence-electron chi connectivity index (χ0n) is 15.3. The number of nitrogens with zero attached hydrogens (tertiary/aromatic N) is 1. The Morgan fingerprint density at radius 3 is 2.52 bits per heavy atom. The minimum atomic E-state index is -0.549. The van der Waals surface area contributed by atoms with E-state index in [1.807, 2.05) is 44.2 Å². The first kappa shape index (κ1) is 19.4. The van der Waals surface area contributed by atoms with E-state index in [1.54, 1.807) is 19.2 Å². The lowest BCUT2D eigenvalue weighted by Gasteiger charge is -2.18. The first-order valence-corrected chi connectivity index (χ1v) is 9.75. The molecule has 1 unspecified atom stereocenters. The minimum Gasteiger partial charge on any atom is -0.495 e. The molecule has 1 atom stereocenters. The van der Waals surface area contributed by atoms with Gasteiger partial charge in [0.15, 0.2) is 0 Å². The monoisotopic (exact) mass is 400 g/mol. The number of aryl methyl sites for hydroxylation is 2. The largest absolute Gasteiger partial charge is 0.495 e. The third-order valence-electron chi connectivity index (χ3n) is 4.36. The van der Waals surface area contributed by atoms with Crippen LogP contribution in [0.5, 0.6) is 5.75 Å². The van der Waals surface area contributed by atoms with E-state index in [0.29, 0.717) is 15.8 Å². The Labute approximate surface area is 168 Å². The fourth-order valence-electron chi connectivity index (χ4n) is 2.99. The van der Waals surface area contributed by atoms with Crippen molar-refractivity contribution in [1.82, 2.24) is 0 Å². The molecule has 27 heavy (non-hydrogen) atoms. The van der Waals surface area contributed by atoms with Gasteiger partial charge in [-0.2, -0.15) is 0 Å². The van der Waals surface area contributed by atoms with Crippen molar-refractivity contribution in [2.45, 2.75) is 25.5 Å². The second-order valence-corrected chi connectivity index (χ2v) is 8.07. The maximum Gasteiger partial charge on any atom is 0.246 e. The number of thiocarbonyl (C=S) groups is 1. The van der Waals surface area contributed by atoms with Crippen molar-refractivity contribution in [1.29, 1.82) is 0 Å². The molecular formula is C20H20N2O3S2. The van der Waals surface area contributed by atoms with Crippen LogP contribution in [-0.4, -0.2) is 28.5 Å². The molecule has 2 aromatic rings. The number of amides is 2. The number of hydrogen-bond acceptors (Lipinski definition) is 5. The van der Waals surface area contributed by atoms with Crippen LogP contribution in [0.25, 0.3) is 0 Å². The summed E-state index contributed by atoms with van der Waals surface area (Å²) in [5.41, 5.74) is 3.36. The summed E-state index contributed by atoms with van der Waals surface area (Å²) >= 11 is 6.62. The predicted octanol–water partition coefficient (Wildman–Crippen LogP) is 4.07. The average molecular weight is 401 g/mol. The molecule has 1 aliphatic rings. The summed E-state index contributed by atoms with van der Waals surface area (Å²) in [6.45, 7) is 3.88. The van der Waals surface area contributed by atoms with Crippen molar-refractivity contribution in [3.8, 4) is 5.75 Å². The molecule has 7 heteroatoms. The molecule has 5 nitrogen and oxygen atoms in total. The normalized spacial score (nSPS) is 16.6. The molecule has 3 rings (SSSR count). The summed E-state index contributed by atoms with van der Waals surface area (Å²) < 4.78 is 5.76. The van der Waals surface area contributed by atoms with Crippen LogP contribution in [-0.2, 0) is 9.59 Å². The molecule has 2 amide bonds. The van der Waals surface area contributed by atoms with E-state index in [4.69, 9.17) is 17.0 Å². The molecule has 1 heterocycles. The number of methoxy groups -OCH3 is 1. The smallest absolute Gasteiger partial charge is 0.246 e. The van der Waals surface area contributed by atoms with Crippen molar-refractivity contribution in [3.63, 3.8) is 0 Å². The zero-order valence-corrected chi connectivity index (χ0v) is 16.9. The first-order chi connectivity index (χ1) is 12.9. The van der Waals surface area contributed by atoms with Crippen molar-refractivity contribution in [3.05, 3.63) is 53.6 Å². The van der Waals surface area contributed by atoms with Gasteiger partial charge in [-0.05, 0) is 37.1 Å². The molecule has 0 radical (unpaired) electrons. The van der Waals surface area contributed by atoms with Crippen LogP contribution < -0.4 is 15.0 Å². The Morgan fingerprint density at radius 1 is 1.19 bits per heavy atom. The van der Waals surface area contributed by atoms with Gasteiger partial charge in [-0.3, -0.25) is 14.5 Å². The predicted molar refractivity (Wildman–Crippen MR) is 114 cm³/mol. The summed E-state index contributed by atoms with van der Waals surface area (Å²) in [5, 5.41) is 2.38. The van der Waals surface area contributed by atoms with Gasteiger partial charge in [-0.1, -0.05) is 54.3 Å². The van der Waals surface area contributed by atoms with Crippen molar-refractivity contribution < 1.29 is 14.3 Å². The highest BCUT2D eigenvalue weighted by atomic mass is 32.2. The number of nitrogens with one attached hydrogen (secondary N) is 1. The van der Waals surface area contributed by atoms with Gasteiger partial charge in [0.05, 0.1) is 12.8 Å². The number of rotatable bonds is 5. The van der Waals surface area contributed by atoms with Gasteiger partial charge < -0.3 is 10.1 Å². The third kappa shape index (κ3) is 3.99. The van der Waals surface area contributed by atoms with Crippen LogP contribution in [0, 0.1) is 13.8 Å². The Hall–Kier alpha value is -2.38. The fourth-order valence-corrected chi connectivity index (χ4v) is 4.50. The number of carbonyl (C=O) groups excluding carboxylic acids is 2. The van der Waals surface area contributed by atoms with Crippen LogP contribution in [0.1, 0.15) is 17.5 Å². The van der Waals surface area contributed by atoms with E-state index in [1.165, 1.54) is 16.7 Å². The summed E-state index contributed by atoms with van der Waals surface area (Å²) in [5.74, 6) is 0.156. The van der Waals surface area contributed by atoms with Gasteiger partial charge >= 0.3 is 0 Å². The summed E-state index contributed by atoms with van der Waals surface area (Å²) in [6, 6.07) is 13.0. The van der Waals surface area contributed by atoms with Crippen molar-refractivity contribution >= 4 is 51.5 Å². The lowest BCUT2D eigenvalue weighted by molar-refractivity contribution is -0.121. The van der Waals surface area contributed by atoms with Gasteiger partial charge in [0.2, 0.25) is 11.8 Å². The second kappa shape index (κ2) is 8.10. The maximum absolute atomic E-state index is 12.9. The van der Waals surface area contributed by atoms with Crippen molar-refractivity contribution in [2.75, 3.05) is 17.3 Å². The summed E-state index contributed by atoms with van der Waals surface area (Å²) in [7, 11) is 1.55. The van der Waals surface area contributed by atoms with Gasteiger partial charge in [0.1, 0.15) is 15.3 Å². The third-order valence-corrected chi connectivity index (χ3v) is 5.87. The van der Waals surface area contributed by atoms with Crippen LogP contribution >= 0.6 is 24.0 Å². The summed E-state index contributed by atoms with van der Waals surface area (Å²) in [4.78, 5) is 26.9. The van der Waals surface area contributed by atoms with E-state index in [2.05, 4.69) is 5.32 Å². The van der Waals surface area contributed by atoms with Crippen LogP contribution in [0.15, 0.2) is 42.5 Å². The van der Waals surface area contributed by atoms with E-state index < -0.39 is 5.25 Å². The minimum absolute atomic E-state index is 0.0586. The highest BCUT2D eigenvalue weighted by Gasteiger charge is 2.40. The topological polar surface area (TPSA) is 58.6 Å². The number of hydrogen-bond donors (Lipinski definition) is 1. The number of ether oxygens (including phenoxy) is 1. The lowest BCUT2D eigenvalue weighted by atomic mass is 10.1. The maximum atomic E-state index is 12.9. The molecular weight excluding hydrogens is 380 g/mol. The van der Waals surface area contributed by atoms with E-state index in [9.17, 15) is 9.59 Å². The molecule has 0 aromatic heterocycles. The second-order valence-electron chi connectivity index (χ2n) is 6.24. The van der Waals surface area contributed by atoms with Crippen LogP contribution in [0.2, 0.25) is 0 Å². The molecule has 0 spiro atoms. The van der Waals surface area contributed by atoms with E-state index in [0.717, 1.165) is 16.8 Å². The number of anilines is 2. The van der Waals surface area contributed by atoms with Gasteiger partial charge in [-0.25, -0.2) is 0 Å². The molecule has 1 aliphatic heterocycles. The van der Waals surface area contributed by atoms with Crippen molar-refractivity contribution in [2.24, 2.45) is 0 Å². The first-order valence-electron chi connectivity index (χ1n) is 8.46. The van der Waals surface area contributed by atoms with Gasteiger partial charge in [-0.15, -0.1) is 0 Å². The number of carbonyl (C=O) groups is 2. The SMILES string of the molecule is COc1ccccc1N1C(=O)C(CC(=O)Nc2c(C)cccc2C)SC1=S. The molecule has 2 aromatic carbocycles. The zero-order chi connectivity index (χ0) is 19.6. The van der Waals surface area contributed by atoms with Gasteiger partial charge in [0.25, 0.3) is 0 Å². The Kier molecular flexibility index (Phi) is 5.82. The fraction of sp³-hybridized carbons (Fsp3) is 0.250. The molecule has 1 N–H and O–H groups in total. The Balaban J connectivity index is 1.74. The van der Waals surface area contributed by atoms with Crippen LogP contribution in [0.3, 0.4) is 0 Å². The van der Waals surface area contributed by atoms with E-state index in [-0.39, 0.29) is 18.2 Å². The highest BCUT2D eigenvalue weighted by molar-refractivity contribution is 8.25. The standard InChI is InChI=1S/C20H20N2O3S2/c1-12-7-6-8-13(2)18(12)21-17(23)11-16-19(24)22(20(26)27-16)14-9-4-5-10-15(14)25-3/h4-10,16H,11H2,1-3H3,(H,21,23). The Morgan fingerprint density at radius 2 is 1.85 bits per heavy atom. The van der Waals surface area contributed by atoms with E-state index >= 15 is 0 Å². The number of thioether (sulfide) groups is 1. The van der Waals surface area contributed by atoms with Gasteiger partial charge in [0, 0.05) is 12.1 Å². The summed E-state index contributed by atoms with van der Waals surface area (Å²) in [6.07, 6.45) is 0.0586. The molecule has 0 saturated carbocycles.